The van der Waals surface area contributed by atoms with Crippen molar-refractivity contribution in [3.63, 3.8) is 0 Å². The quantitative estimate of drug-likeness (QED) is 0.0726. The first kappa shape index (κ1) is 48.1. The molecule has 1 amide bonds. The fourth-order valence-electron chi connectivity index (χ4n) is 10.4. The van der Waals surface area contributed by atoms with Crippen LogP contribution in [-0.2, 0) is 19.9 Å². The van der Waals surface area contributed by atoms with Gasteiger partial charge >= 0.3 is 5.51 Å². The Morgan fingerprint density at radius 3 is 2.20 bits per heavy atom. The van der Waals surface area contributed by atoms with Crippen molar-refractivity contribution in [2.24, 2.45) is 10.8 Å². The zero-order valence-corrected chi connectivity index (χ0v) is 40.1. The number of rotatable bonds is 16. The molecule has 3 N–H and O–H groups in total. The number of alkyl halides is 4. The molecular weight excluding hydrogens is 919 g/mol. The minimum atomic E-state index is -6.06. The summed E-state index contributed by atoms with van der Waals surface area (Å²) in [5.74, 6) is -0.665. The average molecular weight is 979 g/mol. The van der Waals surface area contributed by atoms with Crippen LogP contribution in [0.2, 0.25) is 0 Å². The third-order valence-electron chi connectivity index (χ3n) is 14.0. The molecule has 2 bridgehead atoms. The number of piperidine rings is 1. The number of allylic oxidation sites excluding steroid dienone is 1. The van der Waals surface area contributed by atoms with Gasteiger partial charge in [0.15, 0.2) is 0 Å². The van der Waals surface area contributed by atoms with Crippen LogP contribution in [0.3, 0.4) is 0 Å². The number of sulfonamides is 1. The molecule has 5 fully saturated rings. The van der Waals surface area contributed by atoms with E-state index in [0.29, 0.717) is 56.1 Å². The van der Waals surface area contributed by atoms with Crippen molar-refractivity contribution in [2.75, 3.05) is 68.3 Å². The Balaban J connectivity index is 0.924. The molecule has 4 aliphatic carbocycles. The van der Waals surface area contributed by atoms with Crippen LogP contribution in [0, 0.1) is 10.8 Å². The predicted octanol–water partition coefficient (Wildman–Crippen LogP) is 8.31. The van der Waals surface area contributed by atoms with Gasteiger partial charge in [-0.3, -0.25) is 9.69 Å². The first-order valence-electron chi connectivity index (χ1n) is 22.5. The molecule has 0 unspecified atom stereocenters. The first-order valence-corrected chi connectivity index (χ1v) is 26.8. The summed E-state index contributed by atoms with van der Waals surface area (Å²) in [5.41, 5.74) is -1.42. The number of amides is 1. The van der Waals surface area contributed by atoms with Crippen LogP contribution in [0.15, 0.2) is 98.6 Å². The number of thioether (sulfide) groups is 1. The fraction of sp³-hybridized carbons (Fsp3) is 0.553. The summed E-state index contributed by atoms with van der Waals surface area (Å²) in [7, 11) is -10.9. The van der Waals surface area contributed by atoms with Gasteiger partial charge in [0, 0.05) is 85.2 Å². The number of aliphatic hydroxyl groups excluding tert-OH is 1. The van der Waals surface area contributed by atoms with Crippen molar-refractivity contribution in [2.45, 2.75) is 109 Å². The summed E-state index contributed by atoms with van der Waals surface area (Å²) in [5, 5.41) is 12.9. The van der Waals surface area contributed by atoms with Crippen LogP contribution in [0.5, 0.6) is 0 Å². The van der Waals surface area contributed by atoms with Crippen molar-refractivity contribution in [1.82, 2.24) is 14.5 Å². The maximum Gasteiger partial charge on any atom is 0.501 e. The molecule has 0 radical (unpaired) electrons. The van der Waals surface area contributed by atoms with Crippen LogP contribution in [0.4, 0.5) is 24.5 Å². The second-order valence-corrected chi connectivity index (χ2v) is 25.1. The monoisotopic (exact) mass is 977 g/mol. The number of hydrogen-bond donors (Lipinski definition) is 3. The van der Waals surface area contributed by atoms with Gasteiger partial charge in [0.25, 0.3) is 25.8 Å². The van der Waals surface area contributed by atoms with Gasteiger partial charge in [-0.2, -0.15) is 13.2 Å². The zero-order valence-electron chi connectivity index (χ0n) is 36.9. The van der Waals surface area contributed by atoms with E-state index in [1.807, 2.05) is 35.1 Å². The number of carbonyl (C=O) groups excluding carboxylic acids is 1. The standard InChI is InChI=1S/C47H59ClF3N5O6S3/c1-44(2)18-14-40(45-30-46(48,31-45)32-45)34(27-44)28-55-22-24-56(25-23-55)36-10-8-33(9-11-36)43(58)53-65(61,62)39-12-13-41(42(26-39)64(59,60)47(49,50)51)52-35(29-63-38-6-4-3-5-7-38)15-19-54-20-16-37(57)17-21-54/h3-13,26,35,37,52,57H,14-25,27-32H2,1-2H3,(H,53,58)/t35-,45?,46?/m1/s1. The summed E-state index contributed by atoms with van der Waals surface area (Å²) >= 11 is 8.12. The second kappa shape index (κ2) is 18.6. The normalized spacial score (nSPS) is 24.8. The van der Waals surface area contributed by atoms with E-state index in [9.17, 15) is 39.9 Å². The van der Waals surface area contributed by atoms with E-state index in [2.05, 4.69) is 33.9 Å². The van der Waals surface area contributed by atoms with Crippen molar-refractivity contribution in [3.8, 4) is 0 Å². The minimum absolute atomic E-state index is 0.00562. The fourth-order valence-corrected chi connectivity index (χ4v) is 14.2. The van der Waals surface area contributed by atoms with Crippen LogP contribution < -0.4 is 14.9 Å². The molecule has 65 heavy (non-hydrogen) atoms. The summed E-state index contributed by atoms with van der Waals surface area (Å²) in [4.78, 5) is 19.1. The van der Waals surface area contributed by atoms with Gasteiger partial charge < -0.3 is 20.2 Å². The average Bonchev–Trinajstić information content (AvgIpc) is 3.24. The van der Waals surface area contributed by atoms with Gasteiger partial charge in [-0.25, -0.2) is 21.6 Å². The van der Waals surface area contributed by atoms with Crippen LogP contribution in [-0.4, -0.2) is 118 Å². The van der Waals surface area contributed by atoms with Crippen LogP contribution >= 0.6 is 23.4 Å². The Bertz CT molecular complexity index is 2460. The Morgan fingerprint density at radius 2 is 1.57 bits per heavy atom. The van der Waals surface area contributed by atoms with Gasteiger partial charge in [0.2, 0.25) is 0 Å². The van der Waals surface area contributed by atoms with E-state index in [-0.39, 0.29) is 22.0 Å². The third-order valence-corrected chi connectivity index (χ3v) is 18.5. The second-order valence-electron chi connectivity index (χ2n) is 19.6. The van der Waals surface area contributed by atoms with E-state index in [0.717, 1.165) is 87.5 Å². The Morgan fingerprint density at radius 1 is 0.908 bits per heavy atom. The van der Waals surface area contributed by atoms with Gasteiger partial charge in [-0.15, -0.1) is 23.4 Å². The molecule has 2 aliphatic heterocycles. The molecule has 2 heterocycles. The number of piperazine rings is 1. The lowest BCUT2D eigenvalue weighted by Gasteiger charge is -2.70. The van der Waals surface area contributed by atoms with Gasteiger partial charge in [-0.05, 0) is 123 Å². The number of likely N-dealkylation sites (tertiary alicyclic amines) is 1. The van der Waals surface area contributed by atoms with Crippen molar-refractivity contribution >= 4 is 60.5 Å². The van der Waals surface area contributed by atoms with Crippen LogP contribution in [0.25, 0.3) is 0 Å². The number of hydrogen-bond acceptors (Lipinski definition) is 11. The predicted molar refractivity (Wildman–Crippen MR) is 250 cm³/mol. The van der Waals surface area contributed by atoms with Gasteiger partial charge in [-0.1, -0.05) is 43.2 Å². The molecular formula is C47H59ClF3N5O6S3. The Labute approximate surface area is 390 Å². The van der Waals surface area contributed by atoms with Crippen molar-refractivity contribution in [1.29, 1.82) is 0 Å². The molecule has 0 spiro atoms. The lowest BCUT2D eigenvalue weighted by molar-refractivity contribution is -0.0511. The lowest BCUT2D eigenvalue weighted by atomic mass is 9.39. The number of anilines is 2. The van der Waals surface area contributed by atoms with Gasteiger partial charge in [0.1, 0.15) is 4.90 Å². The number of benzene rings is 3. The first-order chi connectivity index (χ1) is 30.6. The molecule has 9 rings (SSSR count). The molecule has 3 saturated carbocycles. The topological polar surface area (TPSA) is 139 Å². The number of nitrogens with zero attached hydrogens (tertiary/aromatic N) is 3. The summed E-state index contributed by atoms with van der Waals surface area (Å²) in [6.45, 7) is 10.8. The molecule has 11 nitrogen and oxygen atoms in total. The molecule has 354 valence electrons. The molecule has 2 saturated heterocycles. The molecule has 3 aromatic rings. The highest BCUT2D eigenvalue weighted by molar-refractivity contribution is 7.99. The Hall–Kier alpha value is -3.32. The van der Waals surface area contributed by atoms with E-state index >= 15 is 0 Å². The highest BCUT2D eigenvalue weighted by atomic mass is 35.5. The molecule has 18 heteroatoms. The largest absolute Gasteiger partial charge is 0.501 e. The molecule has 1 atom stereocenters. The van der Waals surface area contributed by atoms with E-state index in [4.69, 9.17) is 11.6 Å². The summed E-state index contributed by atoms with van der Waals surface area (Å²) in [6.07, 6.45) is 8.01. The number of aliphatic hydroxyl groups is 1. The Kier molecular flexibility index (Phi) is 13.8. The van der Waals surface area contributed by atoms with Crippen molar-refractivity contribution < 1.29 is 39.9 Å². The molecule has 0 aromatic heterocycles. The smallest absolute Gasteiger partial charge is 0.393 e. The third kappa shape index (κ3) is 10.9. The summed E-state index contributed by atoms with van der Waals surface area (Å²) in [6, 6.07) is 17.7. The zero-order chi connectivity index (χ0) is 46.4. The van der Waals surface area contributed by atoms with Gasteiger partial charge in [0.05, 0.1) is 16.7 Å². The maximum atomic E-state index is 14.2. The van der Waals surface area contributed by atoms with Crippen LogP contribution in [0.1, 0.15) is 82.0 Å². The highest BCUT2D eigenvalue weighted by Crippen LogP contribution is 2.75. The maximum absolute atomic E-state index is 14.2. The number of halogens is 4. The van der Waals surface area contributed by atoms with E-state index < -0.39 is 52.8 Å². The SMILES string of the molecule is CC1(C)CCC(C23CC(Cl)(C2)C3)=C(CN2CCN(c3ccc(C(=O)NS(=O)(=O)c4ccc(N[C@H](CCN5CCC(O)CC5)CSc5ccccc5)c(S(=O)(=O)C(F)(F)F)c4)cc3)CC2)C1. The van der Waals surface area contributed by atoms with Crippen molar-refractivity contribution in [3.05, 3.63) is 89.5 Å². The summed E-state index contributed by atoms with van der Waals surface area (Å²) < 4.78 is 97.8. The molecule has 3 aromatic carbocycles. The molecule has 6 aliphatic rings. The lowest BCUT2D eigenvalue weighted by Crippen LogP contribution is -2.65. The van der Waals surface area contributed by atoms with E-state index in [1.54, 1.807) is 23.3 Å². The van der Waals surface area contributed by atoms with E-state index in [1.165, 1.54) is 30.3 Å². The number of sulfone groups is 1. The number of carbonyl (C=O) groups is 1. The highest BCUT2D eigenvalue weighted by Gasteiger charge is 2.68. The number of nitrogens with one attached hydrogen (secondary N) is 2. The minimum Gasteiger partial charge on any atom is -0.393 e.